The highest BCUT2D eigenvalue weighted by atomic mass is 16.3. The van der Waals surface area contributed by atoms with Crippen molar-refractivity contribution in [2.24, 2.45) is 5.41 Å². The summed E-state index contributed by atoms with van der Waals surface area (Å²) in [6, 6.07) is 14.1. The number of phenols is 1. The van der Waals surface area contributed by atoms with Crippen LogP contribution in [0.4, 0.5) is 10.7 Å². The maximum Gasteiger partial charge on any atom is 0.318 e. The molecule has 5 atom stereocenters. The van der Waals surface area contributed by atoms with Crippen LogP contribution in [-0.4, -0.2) is 143 Å². The van der Waals surface area contributed by atoms with Crippen LogP contribution in [0.15, 0.2) is 67.0 Å². The summed E-state index contributed by atoms with van der Waals surface area (Å²) in [5, 5.41) is 47.1. The van der Waals surface area contributed by atoms with Crippen LogP contribution >= 0.6 is 0 Å². The monoisotopic (exact) mass is 952 g/mol. The maximum atomic E-state index is 14.5. The number of aromatic nitrogens is 5. The van der Waals surface area contributed by atoms with Crippen molar-refractivity contribution in [3.63, 3.8) is 0 Å². The van der Waals surface area contributed by atoms with E-state index < -0.39 is 35.4 Å². The number of H-pyrrole nitrogens is 1. The van der Waals surface area contributed by atoms with Gasteiger partial charge in [0.15, 0.2) is 5.65 Å². The number of terminal acetylenes is 1. The molecule has 368 valence electrons. The van der Waals surface area contributed by atoms with Crippen LogP contribution in [0.2, 0.25) is 0 Å². The average molecular weight is 952 g/mol. The fourth-order valence-electron chi connectivity index (χ4n) is 11.1. The summed E-state index contributed by atoms with van der Waals surface area (Å²) in [5.41, 5.74) is 6.10. The van der Waals surface area contributed by atoms with E-state index in [4.69, 9.17) is 16.4 Å². The maximum absolute atomic E-state index is 14.5. The number of hydrogen-bond acceptors (Lipinski definition) is 12. The third kappa shape index (κ3) is 9.90. The Morgan fingerprint density at radius 3 is 2.36 bits per heavy atom. The zero-order chi connectivity index (χ0) is 49.3. The van der Waals surface area contributed by atoms with Crippen molar-refractivity contribution < 1.29 is 29.7 Å². The number of aromatic amines is 1. The zero-order valence-corrected chi connectivity index (χ0v) is 40.5. The summed E-state index contributed by atoms with van der Waals surface area (Å²) in [6.45, 7) is 11.1. The lowest BCUT2D eigenvalue weighted by atomic mass is 9.80. The van der Waals surface area contributed by atoms with Crippen LogP contribution in [0.5, 0.6) is 5.75 Å². The second-order valence-electron chi connectivity index (χ2n) is 20.2. The van der Waals surface area contributed by atoms with Gasteiger partial charge in [0.2, 0.25) is 17.8 Å². The molecule has 3 saturated heterocycles. The standard InChI is InChI=1S/C53H65N11O6/c1-6-34-11-13-35(14-12-34)32(2)56-49(68)44-27-39(66)31-64(44)50(69)47(53(4,5)20-26-65)58-52(70)62-23-17-38(18-24-62)61-21-15-36(16-22-61)37-29-54-51(55-30-37)63-25-19-42-46(33(63)3)41-28-43(59-60-48(41)57-42)40-9-7-8-10-45(40)67/h1,7-14,28-30,32-33,36,38-39,44,47,65-67H,15-27,31H2,2-5H3,(H,56,68)(H,57,60)(H,58,70)/t32-,33-,39+,44-,47+/m0/s1. The van der Waals surface area contributed by atoms with E-state index in [0.717, 1.165) is 90.7 Å². The molecular formula is C53H65N11O6. The molecule has 0 radical (unpaired) electrons. The Balaban J connectivity index is 0.777. The number of aromatic hydroxyl groups is 1. The van der Waals surface area contributed by atoms with Gasteiger partial charge in [0.05, 0.1) is 23.9 Å². The number of benzene rings is 2. The van der Waals surface area contributed by atoms with E-state index in [1.807, 2.05) is 63.5 Å². The number of aliphatic hydroxyl groups is 2. The highest BCUT2D eigenvalue weighted by Gasteiger charge is 2.46. The number of aliphatic hydroxyl groups excluding tert-OH is 2. The molecule has 0 saturated carbocycles. The summed E-state index contributed by atoms with van der Waals surface area (Å²) >= 11 is 0. The number of fused-ring (bicyclic) bond motifs is 3. The highest BCUT2D eigenvalue weighted by molar-refractivity contribution is 5.93. The molecule has 0 bridgehead atoms. The van der Waals surface area contributed by atoms with E-state index in [0.29, 0.717) is 42.3 Å². The Hall–Kier alpha value is -6.61. The molecule has 17 heteroatoms. The van der Waals surface area contributed by atoms with Crippen LogP contribution in [-0.2, 0) is 16.0 Å². The van der Waals surface area contributed by atoms with Gasteiger partial charge in [0.25, 0.3) is 0 Å². The SMILES string of the molecule is C#Cc1ccc([C@H](C)NC(=O)[C@@H]2C[C@@H](O)CN2C(=O)[C@@H](NC(=O)N2CCC(N3CCC(c4cnc(N5CCc6[nH]c7nnc(-c8ccccc8O)cc7c6[C@@H]5C)nc4)CC3)CC2)C(C)(C)CCO)cc1. The molecule has 6 N–H and O–H groups in total. The van der Waals surface area contributed by atoms with E-state index in [-0.39, 0.29) is 49.9 Å². The quantitative estimate of drug-likeness (QED) is 0.0891. The third-order valence-corrected chi connectivity index (χ3v) is 15.4. The number of hydrogen-bond donors (Lipinski definition) is 6. The number of nitrogens with zero attached hydrogens (tertiary/aromatic N) is 8. The Kier molecular flexibility index (Phi) is 14.1. The molecule has 0 aliphatic carbocycles. The molecule has 4 aliphatic rings. The normalized spacial score (nSPS) is 21.3. The van der Waals surface area contributed by atoms with Gasteiger partial charge in [-0.3, -0.25) is 9.59 Å². The third-order valence-electron chi connectivity index (χ3n) is 15.4. The summed E-state index contributed by atoms with van der Waals surface area (Å²) in [4.78, 5) is 63.4. The van der Waals surface area contributed by atoms with Crippen LogP contribution < -0.4 is 15.5 Å². The average Bonchev–Trinajstić information content (AvgIpc) is 3.96. The Labute approximate surface area is 409 Å². The van der Waals surface area contributed by atoms with Gasteiger partial charge in [-0.25, -0.2) is 14.8 Å². The van der Waals surface area contributed by atoms with Crippen molar-refractivity contribution in [1.82, 2.24) is 50.5 Å². The number of phenolic OH excluding ortho intramolecular Hbond substituents is 1. The Bertz CT molecular complexity index is 2720. The van der Waals surface area contributed by atoms with Gasteiger partial charge in [-0.05, 0) is 112 Å². The van der Waals surface area contributed by atoms with Gasteiger partial charge in [-0.15, -0.1) is 16.6 Å². The molecule has 3 aromatic heterocycles. The number of carbonyl (C=O) groups excluding carboxylic acids is 3. The Morgan fingerprint density at radius 2 is 1.67 bits per heavy atom. The van der Waals surface area contributed by atoms with Gasteiger partial charge in [-0.2, -0.15) is 0 Å². The number of amides is 4. The lowest BCUT2D eigenvalue weighted by Crippen LogP contribution is -2.61. The van der Waals surface area contributed by atoms with Crippen molar-refractivity contribution in [3.8, 4) is 29.4 Å². The molecule has 0 spiro atoms. The minimum absolute atomic E-state index is 0.00926. The molecule has 7 heterocycles. The number of likely N-dealkylation sites (tertiary alicyclic amines) is 3. The molecule has 3 fully saturated rings. The number of nitrogens with one attached hydrogen (secondary N) is 3. The second-order valence-corrected chi connectivity index (χ2v) is 20.2. The Morgan fingerprint density at radius 1 is 0.957 bits per heavy atom. The zero-order valence-electron chi connectivity index (χ0n) is 40.5. The molecule has 2 aromatic carbocycles. The fourth-order valence-corrected chi connectivity index (χ4v) is 11.1. The topological polar surface area (TPSA) is 216 Å². The molecule has 4 amide bonds. The van der Waals surface area contributed by atoms with E-state index >= 15 is 0 Å². The largest absolute Gasteiger partial charge is 0.507 e. The molecular weight excluding hydrogens is 887 g/mol. The van der Waals surface area contributed by atoms with Crippen molar-refractivity contribution in [3.05, 3.63) is 94.9 Å². The highest BCUT2D eigenvalue weighted by Crippen LogP contribution is 2.39. The summed E-state index contributed by atoms with van der Waals surface area (Å²) < 4.78 is 0. The number of β-amino-alcohol motifs (C(OH)–C–C–N with tert-alkyl or cyclic N) is 1. The number of para-hydroxylation sites is 1. The lowest BCUT2D eigenvalue weighted by Gasteiger charge is -2.43. The molecule has 17 nitrogen and oxygen atoms in total. The first kappa shape index (κ1) is 48.4. The van der Waals surface area contributed by atoms with Crippen LogP contribution in [0.3, 0.4) is 0 Å². The van der Waals surface area contributed by atoms with Gasteiger partial charge < -0.3 is 50.5 Å². The number of piperidine rings is 2. The predicted octanol–water partition coefficient (Wildman–Crippen LogP) is 5.20. The molecule has 9 rings (SSSR count). The molecule has 70 heavy (non-hydrogen) atoms. The van der Waals surface area contributed by atoms with Crippen molar-refractivity contribution in [1.29, 1.82) is 0 Å². The first-order valence-electron chi connectivity index (χ1n) is 24.7. The smallest absolute Gasteiger partial charge is 0.318 e. The fraction of sp³-hybridized carbons (Fsp3) is 0.491. The van der Waals surface area contributed by atoms with Crippen LogP contribution in [0.25, 0.3) is 22.3 Å². The van der Waals surface area contributed by atoms with Crippen molar-refractivity contribution >= 4 is 34.8 Å². The van der Waals surface area contributed by atoms with Crippen LogP contribution in [0, 0.1) is 17.8 Å². The van der Waals surface area contributed by atoms with E-state index in [2.05, 4.69) is 48.5 Å². The predicted molar refractivity (Wildman–Crippen MR) is 265 cm³/mol. The first-order chi connectivity index (χ1) is 33.7. The van der Waals surface area contributed by atoms with Crippen molar-refractivity contribution in [2.75, 3.05) is 50.8 Å². The minimum Gasteiger partial charge on any atom is -0.507 e. The van der Waals surface area contributed by atoms with Gasteiger partial charge in [0, 0.05) is 91.8 Å². The molecule has 5 aromatic rings. The summed E-state index contributed by atoms with van der Waals surface area (Å²) in [5.74, 6) is 2.92. The number of anilines is 1. The van der Waals surface area contributed by atoms with Gasteiger partial charge >= 0.3 is 6.03 Å². The minimum atomic E-state index is -1.05. The van der Waals surface area contributed by atoms with E-state index in [1.54, 1.807) is 29.2 Å². The molecule has 0 unspecified atom stereocenters. The van der Waals surface area contributed by atoms with E-state index in [9.17, 15) is 29.7 Å². The van der Waals surface area contributed by atoms with E-state index in [1.165, 1.54) is 4.90 Å². The van der Waals surface area contributed by atoms with Gasteiger partial charge in [0.1, 0.15) is 17.8 Å². The number of urea groups is 1. The number of carbonyl (C=O) groups is 3. The summed E-state index contributed by atoms with van der Waals surface area (Å²) in [7, 11) is 0. The van der Waals surface area contributed by atoms with Crippen molar-refractivity contribution in [2.45, 2.75) is 115 Å². The molecule has 4 aliphatic heterocycles. The lowest BCUT2D eigenvalue weighted by molar-refractivity contribution is -0.142. The second kappa shape index (κ2) is 20.4. The van der Waals surface area contributed by atoms with Gasteiger partial charge in [-0.1, -0.05) is 44.0 Å². The summed E-state index contributed by atoms with van der Waals surface area (Å²) in [6.07, 6.45) is 13.2. The van der Waals surface area contributed by atoms with Crippen LogP contribution in [0.1, 0.15) is 112 Å². The number of rotatable bonds is 12. The first-order valence-corrected chi connectivity index (χ1v) is 24.7.